The summed E-state index contributed by atoms with van der Waals surface area (Å²) >= 11 is 0. The summed E-state index contributed by atoms with van der Waals surface area (Å²) < 4.78 is 18.4. The molecule has 1 aliphatic carbocycles. The molecule has 0 amide bonds. The molecule has 122 valence electrons. The monoisotopic (exact) mass is 318 g/mol. The van der Waals surface area contributed by atoms with Crippen molar-refractivity contribution in [1.29, 1.82) is 0 Å². The van der Waals surface area contributed by atoms with Crippen LogP contribution in [0.25, 0.3) is 11.4 Å². The molecule has 1 aromatic heterocycles. The van der Waals surface area contributed by atoms with E-state index in [9.17, 15) is 4.39 Å². The summed E-state index contributed by atoms with van der Waals surface area (Å²) in [6.07, 6.45) is 6.43. The largest absolute Gasteiger partial charge is 0.339 e. The van der Waals surface area contributed by atoms with Gasteiger partial charge in [0.1, 0.15) is 12.2 Å². The van der Waals surface area contributed by atoms with E-state index in [-0.39, 0.29) is 17.8 Å². The molecule has 3 rings (SSSR count). The second-order valence-corrected chi connectivity index (χ2v) is 5.68. The van der Waals surface area contributed by atoms with Crippen molar-refractivity contribution in [2.75, 3.05) is 0 Å². The molecular weight excluding hydrogens is 299 g/mol. The Labute approximate surface area is 133 Å². The number of halogens is 1. The van der Waals surface area contributed by atoms with Crippen molar-refractivity contribution in [2.24, 2.45) is 4.99 Å². The van der Waals surface area contributed by atoms with Crippen molar-refractivity contribution in [1.82, 2.24) is 15.6 Å². The lowest BCUT2D eigenvalue weighted by atomic mass is 9.95. The number of aliphatic imine (C=N–C) groups is 1. The molecular formula is C16H19FN4O2. The number of nitrogens with one attached hydrogen (secondary N) is 1. The van der Waals surface area contributed by atoms with Gasteiger partial charge in [-0.25, -0.2) is 4.39 Å². The third-order valence-corrected chi connectivity index (χ3v) is 4.16. The summed E-state index contributed by atoms with van der Waals surface area (Å²) in [5.41, 5.74) is 2.66. The molecule has 0 spiro atoms. The van der Waals surface area contributed by atoms with Gasteiger partial charge in [0, 0.05) is 5.56 Å². The van der Waals surface area contributed by atoms with Crippen LogP contribution in [0.3, 0.4) is 0 Å². The van der Waals surface area contributed by atoms with Crippen LogP contribution in [-0.2, 0) is 0 Å². The quantitative estimate of drug-likeness (QED) is 0.391. The first-order valence-electron chi connectivity index (χ1n) is 7.79. The zero-order valence-corrected chi connectivity index (χ0v) is 12.7. The molecule has 0 saturated heterocycles. The van der Waals surface area contributed by atoms with Crippen molar-refractivity contribution >= 4 is 6.34 Å². The van der Waals surface area contributed by atoms with Gasteiger partial charge in [0.15, 0.2) is 0 Å². The molecule has 1 saturated carbocycles. The molecule has 0 radical (unpaired) electrons. The summed E-state index contributed by atoms with van der Waals surface area (Å²) in [6.45, 7) is 0. The van der Waals surface area contributed by atoms with Crippen molar-refractivity contribution < 1.29 is 14.1 Å². The normalized spacial score (nSPS) is 22.2. The van der Waals surface area contributed by atoms with Gasteiger partial charge >= 0.3 is 0 Å². The van der Waals surface area contributed by atoms with Crippen LogP contribution in [-0.4, -0.2) is 27.7 Å². The maximum Gasteiger partial charge on any atom is 0.232 e. The van der Waals surface area contributed by atoms with E-state index >= 15 is 0 Å². The summed E-state index contributed by atoms with van der Waals surface area (Å²) in [7, 11) is 0. The summed E-state index contributed by atoms with van der Waals surface area (Å²) in [5, 5.41) is 12.7. The lowest BCUT2D eigenvalue weighted by Gasteiger charge is -2.17. The third kappa shape index (κ3) is 3.73. The molecule has 23 heavy (non-hydrogen) atoms. The van der Waals surface area contributed by atoms with E-state index in [4.69, 9.17) is 9.73 Å². The first-order valence-corrected chi connectivity index (χ1v) is 7.79. The summed E-state index contributed by atoms with van der Waals surface area (Å²) in [4.78, 5) is 8.83. The van der Waals surface area contributed by atoms with Crippen LogP contribution in [0.5, 0.6) is 0 Å². The number of hydrogen-bond donors (Lipinski definition) is 2. The van der Waals surface area contributed by atoms with E-state index in [0.29, 0.717) is 17.3 Å². The average molecular weight is 318 g/mol. The molecule has 1 heterocycles. The topological polar surface area (TPSA) is 83.5 Å². The highest BCUT2D eigenvalue weighted by molar-refractivity contribution is 5.54. The zero-order valence-electron chi connectivity index (χ0n) is 12.7. The zero-order chi connectivity index (χ0) is 16.1. The molecule has 1 aliphatic rings. The van der Waals surface area contributed by atoms with Crippen LogP contribution in [0.1, 0.15) is 43.9 Å². The van der Waals surface area contributed by atoms with Gasteiger partial charge in [-0.05, 0) is 37.1 Å². The fraction of sp³-hybridized carbons (Fsp3) is 0.438. The molecule has 7 heteroatoms. The number of hydrogen-bond acceptors (Lipinski definition) is 5. The number of hydroxylamine groups is 1. The number of rotatable bonds is 4. The molecule has 2 unspecified atom stereocenters. The Morgan fingerprint density at radius 3 is 2.78 bits per heavy atom. The van der Waals surface area contributed by atoms with Crippen LogP contribution < -0.4 is 5.48 Å². The van der Waals surface area contributed by atoms with Crippen LogP contribution >= 0.6 is 0 Å². The van der Waals surface area contributed by atoms with Crippen molar-refractivity contribution in [3.63, 3.8) is 0 Å². The van der Waals surface area contributed by atoms with E-state index in [0.717, 1.165) is 32.1 Å². The lowest BCUT2D eigenvalue weighted by molar-refractivity contribution is 0.238. The van der Waals surface area contributed by atoms with Gasteiger partial charge < -0.3 is 4.52 Å². The molecule has 0 bridgehead atoms. The Morgan fingerprint density at radius 1 is 1.22 bits per heavy atom. The van der Waals surface area contributed by atoms with Gasteiger partial charge in [-0.2, -0.15) is 4.98 Å². The number of aromatic nitrogens is 2. The van der Waals surface area contributed by atoms with Crippen LogP contribution in [0.15, 0.2) is 33.8 Å². The minimum Gasteiger partial charge on any atom is -0.339 e. The third-order valence-electron chi connectivity index (χ3n) is 4.16. The van der Waals surface area contributed by atoms with Gasteiger partial charge in [-0.15, -0.1) is 0 Å². The van der Waals surface area contributed by atoms with Crippen LogP contribution in [0, 0.1) is 5.82 Å². The molecule has 2 atom stereocenters. The smallest absolute Gasteiger partial charge is 0.232 e. The Bertz CT molecular complexity index is 656. The van der Waals surface area contributed by atoms with Crippen LogP contribution in [0.4, 0.5) is 4.39 Å². The average Bonchev–Trinajstić information content (AvgIpc) is 2.93. The van der Waals surface area contributed by atoms with E-state index in [2.05, 4.69) is 15.1 Å². The highest BCUT2D eigenvalue weighted by atomic mass is 19.1. The Kier molecular flexibility index (Phi) is 4.97. The maximum absolute atomic E-state index is 13.0. The summed E-state index contributed by atoms with van der Waals surface area (Å²) in [5.74, 6) is 0.731. The highest BCUT2D eigenvalue weighted by Crippen LogP contribution is 2.33. The molecule has 1 aromatic carbocycles. The fourth-order valence-electron chi connectivity index (χ4n) is 2.99. The molecule has 1 fully saturated rings. The fourth-order valence-corrected chi connectivity index (χ4v) is 2.99. The molecule has 2 aromatic rings. The number of benzene rings is 1. The van der Waals surface area contributed by atoms with E-state index < -0.39 is 0 Å². The lowest BCUT2D eigenvalue weighted by Crippen LogP contribution is -2.18. The predicted octanol–water partition coefficient (Wildman–Crippen LogP) is 3.30. The van der Waals surface area contributed by atoms with E-state index in [1.54, 1.807) is 12.1 Å². The Balaban J connectivity index is 1.84. The molecule has 2 N–H and O–H groups in total. The predicted molar refractivity (Wildman–Crippen MR) is 82.7 cm³/mol. The Morgan fingerprint density at radius 2 is 2.00 bits per heavy atom. The first-order chi connectivity index (χ1) is 11.3. The molecule has 6 nitrogen and oxygen atoms in total. The maximum atomic E-state index is 13.0. The first kappa shape index (κ1) is 15.6. The van der Waals surface area contributed by atoms with Crippen molar-refractivity contribution in [3.8, 4) is 11.4 Å². The van der Waals surface area contributed by atoms with Gasteiger partial charge in [-0.3, -0.25) is 15.7 Å². The van der Waals surface area contributed by atoms with Gasteiger partial charge in [0.2, 0.25) is 11.7 Å². The van der Waals surface area contributed by atoms with Gasteiger partial charge in [-0.1, -0.05) is 24.4 Å². The summed E-state index contributed by atoms with van der Waals surface area (Å²) in [6, 6.07) is 6.00. The standard InChI is InChI=1S/C16H19FN4O2/c17-12-8-6-11(7-9-12)15-20-16(23-21-15)13-4-2-1-3-5-14(13)18-10-19-22/h6-10,13-14,22H,1-5H2,(H,18,19). The second-order valence-electron chi connectivity index (χ2n) is 5.68. The highest BCUT2D eigenvalue weighted by Gasteiger charge is 2.29. The van der Waals surface area contributed by atoms with Crippen LogP contribution in [0.2, 0.25) is 0 Å². The van der Waals surface area contributed by atoms with Crippen molar-refractivity contribution in [3.05, 3.63) is 36.0 Å². The minimum atomic E-state index is -0.299. The number of nitrogens with zero attached hydrogens (tertiary/aromatic N) is 3. The van der Waals surface area contributed by atoms with E-state index in [1.165, 1.54) is 18.5 Å². The Hall–Kier alpha value is -2.28. The van der Waals surface area contributed by atoms with Crippen molar-refractivity contribution in [2.45, 2.75) is 44.1 Å². The van der Waals surface area contributed by atoms with Gasteiger partial charge in [0.05, 0.1) is 12.0 Å². The van der Waals surface area contributed by atoms with E-state index in [1.807, 2.05) is 5.48 Å². The second kappa shape index (κ2) is 7.32. The minimum absolute atomic E-state index is 0.00123. The molecule has 0 aliphatic heterocycles. The van der Waals surface area contributed by atoms with Gasteiger partial charge in [0.25, 0.3) is 0 Å². The SMILES string of the molecule is ONC=NC1CCCCCC1c1nc(-c2ccc(F)cc2)no1.